The average molecular weight is 450 g/mol. The van der Waals surface area contributed by atoms with Crippen LogP contribution >= 0.6 is 15.9 Å². The number of benzene rings is 2. The number of nitrogens with one attached hydrogen (secondary N) is 2. The van der Waals surface area contributed by atoms with E-state index in [9.17, 15) is 18.8 Å². The molecule has 2 rings (SSSR count). The van der Waals surface area contributed by atoms with Crippen LogP contribution in [0, 0.1) is 5.82 Å². The molecular weight excluding hydrogens is 429 g/mol. The first-order valence-corrected chi connectivity index (χ1v) is 9.39. The van der Waals surface area contributed by atoms with E-state index >= 15 is 0 Å². The molecule has 148 valence electrons. The molecule has 2 aromatic rings. The van der Waals surface area contributed by atoms with Gasteiger partial charge < -0.3 is 16.4 Å². The van der Waals surface area contributed by atoms with E-state index in [0.29, 0.717) is 5.56 Å². The fraction of sp³-hybridized carbons (Fsp3) is 0.250. The predicted octanol–water partition coefficient (Wildman–Crippen LogP) is 1.85. The molecule has 0 bridgehead atoms. The molecular formula is C20H21BrFN3O3. The van der Waals surface area contributed by atoms with Gasteiger partial charge in [-0.1, -0.05) is 40.2 Å². The molecule has 0 radical (unpaired) electrons. The van der Waals surface area contributed by atoms with E-state index in [1.807, 2.05) is 24.3 Å². The van der Waals surface area contributed by atoms with Crippen LogP contribution in [0.2, 0.25) is 0 Å². The lowest BCUT2D eigenvalue weighted by atomic mass is 10.0. The Balaban J connectivity index is 2.12. The van der Waals surface area contributed by atoms with Gasteiger partial charge >= 0.3 is 0 Å². The van der Waals surface area contributed by atoms with Gasteiger partial charge in [0.05, 0.1) is 0 Å². The predicted molar refractivity (Wildman–Crippen MR) is 107 cm³/mol. The largest absolute Gasteiger partial charge is 0.368 e. The SMILES string of the molecule is CC(=O)N[C@@H](Cc1cccc(F)c1)C(=O)N[C@H](Cc1ccc(Br)cc1)C(N)=O. The number of halogens is 2. The quantitative estimate of drug-likeness (QED) is 0.572. The first kappa shape index (κ1) is 21.6. The Morgan fingerprint density at radius 1 is 1.00 bits per heavy atom. The second-order valence-electron chi connectivity index (χ2n) is 6.38. The van der Waals surface area contributed by atoms with Gasteiger partial charge in [-0.25, -0.2) is 4.39 Å². The molecule has 0 aliphatic heterocycles. The lowest BCUT2D eigenvalue weighted by Crippen LogP contribution is -2.54. The van der Waals surface area contributed by atoms with Crippen LogP contribution in [0.25, 0.3) is 0 Å². The molecule has 0 aliphatic rings. The second kappa shape index (κ2) is 9.98. The zero-order chi connectivity index (χ0) is 20.7. The Morgan fingerprint density at radius 2 is 1.64 bits per heavy atom. The topological polar surface area (TPSA) is 101 Å². The minimum atomic E-state index is -0.967. The van der Waals surface area contributed by atoms with Crippen LogP contribution in [0.5, 0.6) is 0 Å². The van der Waals surface area contributed by atoms with Crippen LogP contribution in [0.3, 0.4) is 0 Å². The molecule has 0 unspecified atom stereocenters. The van der Waals surface area contributed by atoms with Crippen molar-refractivity contribution < 1.29 is 18.8 Å². The molecule has 0 saturated heterocycles. The van der Waals surface area contributed by atoms with Gasteiger partial charge in [0, 0.05) is 24.2 Å². The van der Waals surface area contributed by atoms with Gasteiger partial charge in [-0.05, 0) is 35.4 Å². The number of rotatable bonds is 8. The molecule has 28 heavy (non-hydrogen) atoms. The summed E-state index contributed by atoms with van der Waals surface area (Å²) in [5.74, 6) is -2.12. The summed E-state index contributed by atoms with van der Waals surface area (Å²) < 4.78 is 14.3. The van der Waals surface area contributed by atoms with Gasteiger partial charge in [0.15, 0.2) is 0 Å². The molecule has 0 fully saturated rings. The molecule has 0 saturated carbocycles. The van der Waals surface area contributed by atoms with E-state index in [-0.39, 0.29) is 12.8 Å². The molecule has 2 aromatic carbocycles. The number of nitrogens with two attached hydrogens (primary N) is 1. The van der Waals surface area contributed by atoms with Gasteiger partial charge in [-0.15, -0.1) is 0 Å². The molecule has 8 heteroatoms. The number of hydrogen-bond donors (Lipinski definition) is 3. The molecule has 0 aromatic heterocycles. The fourth-order valence-electron chi connectivity index (χ4n) is 2.71. The van der Waals surface area contributed by atoms with E-state index in [0.717, 1.165) is 10.0 Å². The van der Waals surface area contributed by atoms with Gasteiger partial charge in [0.2, 0.25) is 17.7 Å². The standard InChI is InChI=1S/C20H21BrFN3O3/c1-12(26)24-18(11-14-3-2-4-16(22)9-14)20(28)25-17(19(23)27)10-13-5-7-15(21)8-6-13/h2-9,17-18H,10-11H2,1H3,(H2,23,27)(H,24,26)(H,25,28)/t17-,18+/m1/s1. The number of primary amides is 1. The van der Waals surface area contributed by atoms with Crippen molar-refractivity contribution in [2.75, 3.05) is 0 Å². The Hall–Kier alpha value is -2.74. The maximum absolute atomic E-state index is 13.4. The van der Waals surface area contributed by atoms with Crippen molar-refractivity contribution in [1.82, 2.24) is 10.6 Å². The second-order valence-corrected chi connectivity index (χ2v) is 7.30. The van der Waals surface area contributed by atoms with E-state index in [1.54, 1.807) is 6.07 Å². The van der Waals surface area contributed by atoms with Crippen molar-refractivity contribution in [2.45, 2.75) is 31.8 Å². The molecule has 4 N–H and O–H groups in total. The Bertz CT molecular complexity index is 858. The Morgan fingerprint density at radius 3 is 2.21 bits per heavy atom. The van der Waals surface area contributed by atoms with Crippen LogP contribution in [0.15, 0.2) is 53.0 Å². The number of amides is 3. The third-order valence-electron chi connectivity index (χ3n) is 4.04. The molecule has 0 aliphatic carbocycles. The number of hydrogen-bond acceptors (Lipinski definition) is 3. The van der Waals surface area contributed by atoms with E-state index < -0.39 is 35.6 Å². The summed E-state index contributed by atoms with van der Waals surface area (Å²) in [6, 6.07) is 11.1. The summed E-state index contributed by atoms with van der Waals surface area (Å²) in [5.41, 5.74) is 6.79. The summed E-state index contributed by atoms with van der Waals surface area (Å²) in [4.78, 5) is 36.0. The van der Waals surface area contributed by atoms with E-state index in [2.05, 4.69) is 26.6 Å². The highest BCUT2D eigenvalue weighted by Crippen LogP contribution is 2.12. The lowest BCUT2D eigenvalue weighted by molar-refractivity contribution is -0.130. The smallest absolute Gasteiger partial charge is 0.243 e. The van der Waals surface area contributed by atoms with Crippen LogP contribution in [0.4, 0.5) is 4.39 Å². The fourth-order valence-corrected chi connectivity index (χ4v) is 2.97. The Kier molecular flexibility index (Phi) is 7.69. The van der Waals surface area contributed by atoms with Gasteiger partial charge in [0.1, 0.15) is 17.9 Å². The third-order valence-corrected chi connectivity index (χ3v) is 4.56. The highest BCUT2D eigenvalue weighted by molar-refractivity contribution is 9.10. The van der Waals surface area contributed by atoms with E-state index in [4.69, 9.17) is 5.73 Å². The summed E-state index contributed by atoms with van der Waals surface area (Å²) in [5, 5.41) is 5.12. The lowest BCUT2D eigenvalue weighted by Gasteiger charge is -2.22. The van der Waals surface area contributed by atoms with Crippen LogP contribution in [0.1, 0.15) is 18.1 Å². The summed E-state index contributed by atoms with van der Waals surface area (Å²) in [6.45, 7) is 1.28. The minimum absolute atomic E-state index is 0.0763. The summed E-state index contributed by atoms with van der Waals surface area (Å²) >= 11 is 3.33. The molecule has 3 amide bonds. The van der Waals surface area contributed by atoms with E-state index in [1.165, 1.54) is 25.1 Å². The molecule has 2 atom stereocenters. The maximum atomic E-state index is 13.4. The molecule has 0 spiro atoms. The van der Waals surface area contributed by atoms with Gasteiger partial charge in [-0.2, -0.15) is 0 Å². The highest BCUT2D eigenvalue weighted by Gasteiger charge is 2.25. The number of carbonyl (C=O) groups is 3. The summed E-state index contributed by atoms with van der Waals surface area (Å²) in [6.07, 6.45) is 0.286. The van der Waals surface area contributed by atoms with Crippen molar-refractivity contribution in [3.05, 3.63) is 69.9 Å². The average Bonchev–Trinajstić information content (AvgIpc) is 2.62. The zero-order valence-electron chi connectivity index (χ0n) is 15.2. The van der Waals surface area contributed by atoms with Crippen molar-refractivity contribution in [3.63, 3.8) is 0 Å². The number of carbonyl (C=O) groups excluding carboxylic acids is 3. The molecule has 0 heterocycles. The van der Waals surface area contributed by atoms with Gasteiger partial charge in [-0.3, -0.25) is 14.4 Å². The van der Waals surface area contributed by atoms with Crippen molar-refractivity contribution in [1.29, 1.82) is 0 Å². The first-order valence-electron chi connectivity index (χ1n) is 8.60. The Labute approximate surface area is 170 Å². The van der Waals surface area contributed by atoms with Gasteiger partial charge in [0.25, 0.3) is 0 Å². The van der Waals surface area contributed by atoms with Crippen molar-refractivity contribution >= 4 is 33.7 Å². The van der Waals surface area contributed by atoms with Crippen LogP contribution in [-0.2, 0) is 27.2 Å². The maximum Gasteiger partial charge on any atom is 0.243 e. The minimum Gasteiger partial charge on any atom is -0.368 e. The summed E-state index contributed by atoms with van der Waals surface area (Å²) in [7, 11) is 0. The van der Waals surface area contributed by atoms with Crippen molar-refractivity contribution in [2.24, 2.45) is 5.73 Å². The zero-order valence-corrected chi connectivity index (χ0v) is 16.8. The monoisotopic (exact) mass is 449 g/mol. The first-order chi connectivity index (χ1) is 13.2. The normalized spacial score (nSPS) is 12.7. The van der Waals surface area contributed by atoms with Crippen LogP contribution in [-0.4, -0.2) is 29.8 Å². The third kappa shape index (κ3) is 6.77. The van der Waals surface area contributed by atoms with Crippen molar-refractivity contribution in [3.8, 4) is 0 Å². The molecule has 6 nitrogen and oxygen atoms in total. The van der Waals surface area contributed by atoms with Crippen LogP contribution < -0.4 is 16.4 Å². The highest BCUT2D eigenvalue weighted by atomic mass is 79.9.